The molecule has 0 radical (unpaired) electrons. The molecule has 10 nitrogen and oxygen atoms in total. The number of nitro groups is 1. The molecule has 3 N–H and O–H groups in total. The molecule has 5 rings (SSSR count). The van der Waals surface area contributed by atoms with Crippen LogP contribution >= 0.6 is 0 Å². The van der Waals surface area contributed by atoms with Crippen LogP contribution in [0.1, 0.15) is 17.2 Å². The summed E-state index contributed by atoms with van der Waals surface area (Å²) in [5, 5.41) is 31.7. The minimum absolute atomic E-state index is 0.0141. The van der Waals surface area contributed by atoms with Crippen LogP contribution in [0, 0.1) is 10.1 Å². The van der Waals surface area contributed by atoms with Gasteiger partial charge in [-0.1, -0.05) is 24.3 Å². The molecule has 1 aromatic heterocycles. The molecule has 0 bridgehead atoms. The molecule has 10 heteroatoms. The summed E-state index contributed by atoms with van der Waals surface area (Å²) in [6.07, 6.45) is 0. The van der Waals surface area contributed by atoms with Crippen molar-refractivity contribution in [1.29, 1.82) is 0 Å². The van der Waals surface area contributed by atoms with Gasteiger partial charge in [0.25, 0.3) is 11.5 Å². The fourth-order valence-electron chi connectivity index (χ4n) is 3.97. The Hall–Kier alpha value is -4.99. The van der Waals surface area contributed by atoms with E-state index in [1.807, 2.05) is 0 Å². The van der Waals surface area contributed by atoms with Crippen molar-refractivity contribution in [2.75, 3.05) is 4.90 Å². The lowest BCUT2D eigenvalue weighted by atomic mass is 9.95. The Morgan fingerprint density at radius 3 is 2.32 bits per heavy atom. The number of nitrogens with zero attached hydrogens (tertiary/aromatic N) is 3. The van der Waals surface area contributed by atoms with Crippen LogP contribution in [0.4, 0.5) is 11.6 Å². The third-order valence-electron chi connectivity index (χ3n) is 5.61. The van der Waals surface area contributed by atoms with Crippen LogP contribution in [0.15, 0.2) is 78.4 Å². The van der Waals surface area contributed by atoms with E-state index in [1.54, 1.807) is 24.3 Å². The Balaban J connectivity index is 1.70. The molecule has 1 atom stereocenters. The minimum Gasteiger partial charge on any atom is -0.508 e. The number of hydrogen-bond donors (Lipinski definition) is 3. The number of imidazole rings is 1. The summed E-state index contributed by atoms with van der Waals surface area (Å²) in [4.78, 5) is 45.3. The van der Waals surface area contributed by atoms with E-state index in [9.17, 15) is 29.9 Å². The second kappa shape index (κ2) is 7.85. The highest BCUT2D eigenvalue weighted by Crippen LogP contribution is 2.42. The van der Waals surface area contributed by atoms with Gasteiger partial charge in [0.05, 0.1) is 27.6 Å². The van der Waals surface area contributed by atoms with Gasteiger partial charge in [0.2, 0.25) is 5.95 Å². The number of ketones is 1. The predicted molar refractivity (Wildman–Crippen MR) is 122 cm³/mol. The number of non-ortho nitro benzene ring substituents is 1. The second-order valence-electron chi connectivity index (χ2n) is 7.64. The zero-order valence-corrected chi connectivity index (χ0v) is 17.4. The maximum absolute atomic E-state index is 13.2. The third-order valence-corrected chi connectivity index (χ3v) is 5.61. The number of hydrogen-bond acceptors (Lipinski definition) is 7. The molecule has 3 aromatic carbocycles. The summed E-state index contributed by atoms with van der Waals surface area (Å²) in [5.74, 6) is -2.22. The largest absolute Gasteiger partial charge is 0.508 e. The number of Topliss-reactive ketones (excluding diaryl/α,β-unsaturated/α-hetero) is 1. The van der Waals surface area contributed by atoms with Gasteiger partial charge in [-0.05, 0) is 42.0 Å². The molecule has 1 aliphatic rings. The van der Waals surface area contributed by atoms with Crippen LogP contribution in [0.5, 0.6) is 5.75 Å². The summed E-state index contributed by atoms with van der Waals surface area (Å²) in [6.45, 7) is 0. The number of rotatable bonds is 4. The number of anilines is 1. The van der Waals surface area contributed by atoms with Crippen LogP contribution in [0.25, 0.3) is 16.8 Å². The van der Waals surface area contributed by atoms with E-state index in [-0.39, 0.29) is 28.5 Å². The second-order valence-corrected chi connectivity index (χ2v) is 7.64. The number of aliphatic hydroxyl groups is 1. The number of benzene rings is 3. The number of nitro benzene ring substituents is 1. The number of aromatic nitrogens is 2. The number of aromatic amines is 1. The molecule has 168 valence electrons. The third kappa shape index (κ3) is 3.34. The summed E-state index contributed by atoms with van der Waals surface area (Å²) in [5.41, 5.74) is 1.43. The fraction of sp³-hybridized carbons (Fsp3) is 0.0417. The van der Waals surface area contributed by atoms with Crippen LogP contribution < -0.4 is 4.90 Å². The van der Waals surface area contributed by atoms with E-state index in [2.05, 4.69) is 9.97 Å². The topological polar surface area (TPSA) is 150 Å². The van der Waals surface area contributed by atoms with Gasteiger partial charge >= 0.3 is 5.91 Å². The molecule has 2 heterocycles. The molecular formula is C24H16N4O6. The normalized spacial score (nSPS) is 17.4. The molecule has 1 saturated heterocycles. The molecule has 0 aliphatic carbocycles. The van der Waals surface area contributed by atoms with E-state index in [0.717, 1.165) is 4.90 Å². The zero-order chi connectivity index (χ0) is 24.0. The van der Waals surface area contributed by atoms with Gasteiger partial charge in [0.1, 0.15) is 11.5 Å². The van der Waals surface area contributed by atoms with Crippen molar-refractivity contribution in [3.8, 4) is 5.75 Å². The quantitative estimate of drug-likeness (QED) is 0.139. The number of phenols is 1. The Labute approximate surface area is 191 Å². The van der Waals surface area contributed by atoms with Crippen molar-refractivity contribution >= 4 is 40.1 Å². The lowest BCUT2D eigenvalue weighted by Crippen LogP contribution is -2.30. The van der Waals surface area contributed by atoms with Crippen LogP contribution in [-0.2, 0) is 9.59 Å². The summed E-state index contributed by atoms with van der Waals surface area (Å²) in [6, 6.07) is 16.9. The number of phenolic OH excluding ortho intramolecular Hbond substituents is 1. The van der Waals surface area contributed by atoms with Crippen molar-refractivity contribution in [1.82, 2.24) is 9.97 Å². The molecule has 1 amide bonds. The average Bonchev–Trinajstić information content (AvgIpc) is 3.38. The number of para-hydroxylation sites is 2. The maximum Gasteiger partial charge on any atom is 0.302 e. The van der Waals surface area contributed by atoms with Crippen molar-refractivity contribution in [2.24, 2.45) is 0 Å². The van der Waals surface area contributed by atoms with Gasteiger partial charge < -0.3 is 15.2 Å². The maximum atomic E-state index is 13.2. The molecule has 1 fully saturated rings. The molecule has 34 heavy (non-hydrogen) atoms. The number of nitrogens with one attached hydrogen (secondary N) is 1. The van der Waals surface area contributed by atoms with Gasteiger partial charge in [-0.25, -0.2) is 4.98 Å². The lowest BCUT2D eigenvalue weighted by molar-refractivity contribution is -0.384. The highest BCUT2D eigenvalue weighted by atomic mass is 16.6. The van der Waals surface area contributed by atoms with Gasteiger partial charge in [-0.15, -0.1) is 0 Å². The van der Waals surface area contributed by atoms with E-state index in [4.69, 9.17) is 0 Å². The Morgan fingerprint density at radius 1 is 1.00 bits per heavy atom. The number of carbonyl (C=O) groups excluding carboxylic acids is 2. The minimum atomic E-state index is -1.06. The molecule has 4 aromatic rings. The number of aromatic hydroxyl groups is 1. The zero-order valence-electron chi connectivity index (χ0n) is 17.4. The smallest absolute Gasteiger partial charge is 0.302 e. The monoisotopic (exact) mass is 456 g/mol. The van der Waals surface area contributed by atoms with Crippen LogP contribution in [-0.4, -0.2) is 36.8 Å². The molecular weight excluding hydrogens is 440 g/mol. The first-order chi connectivity index (χ1) is 16.3. The van der Waals surface area contributed by atoms with E-state index >= 15 is 0 Å². The SMILES string of the molecule is O=C1C(=O)N(c2nc3ccccc3[nH]2)C(c2ccc(O)cc2)/C1=C(\O)c1ccc([N+](=O)[O-])cc1. The first-order valence-corrected chi connectivity index (χ1v) is 10.1. The van der Waals surface area contributed by atoms with E-state index in [0.29, 0.717) is 16.6 Å². The van der Waals surface area contributed by atoms with Crippen LogP contribution in [0.3, 0.4) is 0 Å². The fourth-order valence-corrected chi connectivity index (χ4v) is 3.97. The Morgan fingerprint density at radius 2 is 1.68 bits per heavy atom. The molecule has 0 saturated carbocycles. The molecule has 0 spiro atoms. The number of carbonyl (C=O) groups is 2. The molecule has 1 unspecified atom stereocenters. The summed E-state index contributed by atoms with van der Waals surface area (Å²) < 4.78 is 0. The number of fused-ring (bicyclic) bond motifs is 1. The standard InChI is InChI=1S/C24H16N4O6/c29-16-11-7-13(8-12-16)20-19(21(30)14-5-9-15(10-6-14)28(33)34)22(31)23(32)27(20)24-25-17-3-1-2-4-18(17)26-24/h1-12,20,29-30H,(H,25,26)/b21-19+. The predicted octanol–water partition coefficient (Wildman–Crippen LogP) is 3.80. The van der Waals surface area contributed by atoms with Gasteiger partial charge in [0.15, 0.2) is 0 Å². The van der Waals surface area contributed by atoms with Crippen molar-refractivity contribution < 1.29 is 24.7 Å². The van der Waals surface area contributed by atoms with Crippen molar-refractivity contribution in [2.45, 2.75) is 6.04 Å². The lowest BCUT2D eigenvalue weighted by Gasteiger charge is -2.23. The average molecular weight is 456 g/mol. The van der Waals surface area contributed by atoms with Gasteiger partial charge in [-0.2, -0.15) is 0 Å². The van der Waals surface area contributed by atoms with E-state index in [1.165, 1.54) is 48.5 Å². The first kappa shape index (κ1) is 20.9. The number of aliphatic hydroxyl groups excluding tert-OH is 1. The van der Waals surface area contributed by atoms with Crippen LogP contribution in [0.2, 0.25) is 0 Å². The Kier molecular flexibility index (Phi) is 4.82. The van der Waals surface area contributed by atoms with Gasteiger partial charge in [-0.3, -0.25) is 24.6 Å². The molecule has 1 aliphatic heterocycles. The summed E-state index contributed by atoms with van der Waals surface area (Å²) >= 11 is 0. The van der Waals surface area contributed by atoms with Crippen molar-refractivity contribution in [3.05, 3.63) is 99.6 Å². The first-order valence-electron chi connectivity index (χ1n) is 10.1. The van der Waals surface area contributed by atoms with Gasteiger partial charge in [0, 0.05) is 17.7 Å². The summed E-state index contributed by atoms with van der Waals surface area (Å²) in [7, 11) is 0. The highest BCUT2D eigenvalue weighted by molar-refractivity contribution is 6.51. The Bertz CT molecular complexity index is 1460. The highest BCUT2D eigenvalue weighted by Gasteiger charge is 2.48. The van der Waals surface area contributed by atoms with E-state index < -0.39 is 28.4 Å². The number of amides is 1. The van der Waals surface area contributed by atoms with Crippen molar-refractivity contribution in [3.63, 3.8) is 0 Å². The number of H-pyrrole nitrogens is 1.